The molecular formula is C11H10O5. The lowest BCUT2D eigenvalue weighted by molar-refractivity contribution is -0.131. The lowest BCUT2D eigenvalue weighted by Gasteiger charge is -2.04. The van der Waals surface area contributed by atoms with Crippen molar-refractivity contribution in [3.63, 3.8) is 0 Å². The molecule has 0 atom stereocenters. The molecule has 5 heteroatoms. The number of benzene rings is 1. The molecule has 1 aliphatic rings. The molecule has 16 heavy (non-hydrogen) atoms. The largest absolute Gasteiger partial charge is 0.478 e. The summed E-state index contributed by atoms with van der Waals surface area (Å²) in [5.41, 5.74) is 0.931. The highest BCUT2D eigenvalue weighted by Crippen LogP contribution is 2.34. The first-order valence-corrected chi connectivity index (χ1v) is 4.65. The van der Waals surface area contributed by atoms with Crippen LogP contribution in [-0.2, 0) is 4.79 Å². The van der Waals surface area contributed by atoms with E-state index in [-0.39, 0.29) is 13.4 Å². The van der Waals surface area contributed by atoms with E-state index in [0.29, 0.717) is 22.6 Å². The van der Waals surface area contributed by atoms with Gasteiger partial charge in [0, 0.05) is 6.08 Å². The van der Waals surface area contributed by atoms with Crippen molar-refractivity contribution in [3.05, 3.63) is 29.8 Å². The Bertz CT molecular complexity index is 450. The Morgan fingerprint density at radius 1 is 1.38 bits per heavy atom. The molecule has 0 amide bonds. The first-order valence-electron chi connectivity index (χ1n) is 4.65. The minimum absolute atomic E-state index is 0.163. The predicted octanol–water partition coefficient (Wildman–Crippen LogP) is 0.876. The van der Waals surface area contributed by atoms with Crippen LogP contribution in [0.3, 0.4) is 0 Å². The van der Waals surface area contributed by atoms with E-state index < -0.39 is 5.97 Å². The van der Waals surface area contributed by atoms with E-state index in [0.717, 1.165) is 6.08 Å². The standard InChI is InChI=1S/C11H10O5/c12-5-8(4-11(13)14)7-1-2-9-10(3-7)16-6-15-9/h1-4,12H,5-6H2,(H,13,14)/b8-4+. The molecule has 1 aliphatic heterocycles. The van der Waals surface area contributed by atoms with Gasteiger partial charge in [-0.05, 0) is 23.3 Å². The van der Waals surface area contributed by atoms with Crippen molar-refractivity contribution in [2.75, 3.05) is 13.4 Å². The van der Waals surface area contributed by atoms with Crippen molar-refractivity contribution >= 4 is 11.5 Å². The Kier molecular flexibility index (Phi) is 2.78. The first-order chi connectivity index (χ1) is 7.70. The second-order valence-electron chi connectivity index (χ2n) is 3.23. The minimum Gasteiger partial charge on any atom is -0.478 e. The van der Waals surface area contributed by atoms with E-state index >= 15 is 0 Å². The summed E-state index contributed by atoms with van der Waals surface area (Å²) >= 11 is 0. The SMILES string of the molecule is O=C(O)/C=C(\CO)c1ccc2c(c1)OCO2. The number of aliphatic hydroxyl groups is 1. The molecular weight excluding hydrogens is 212 g/mol. The average molecular weight is 222 g/mol. The summed E-state index contributed by atoms with van der Waals surface area (Å²) in [4.78, 5) is 10.5. The molecule has 2 rings (SSSR count). The maximum atomic E-state index is 10.5. The van der Waals surface area contributed by atoms with Crippen LogP contribution in [0.1, 0.15) is 5.56 Å². The zero-order valence-corrected chi connectivity index (χ0v) is 8.34. The fourth-order valence-corrected chi connectivity index (χ4v) is 1.47. The highest BCUT2D eigenvalue weighted by atomic mass is 16.7. The van der Waals surface area contributed by atoms with E-state index in [1.165, 1.54) is 0 Å². The summed E-state index contributed by atoms with van der Waals surface area (Å²) in [6.45, 7) is -0.179. The minimum atomic E-state index is -1.10. The topological polar surface area (TPSA) is 76.0 Å². The summed E-state index contributed by atoms with van der Waals surface area (Å²) in [6.07, 6.45) is 0.970. The number of fused-ring (bicyclic) bond motifs is 1. The lowest BCUT2D eigenvalue weighted by atomic mass is 10.1. The van der Waals surface area contributed by atoms with Crippen molar-refractivity contribution in [2.24, 2.45) is 0 Å². The fraction of sp³-hybridized carbons (Fsp3) is 0.182. The zero-order chi connectivity index (χ0) is 11.5. The van der Waals surface area contributed by atoms with Gasteiger partial charge in [-0.1, -0.05) is 6.07 Å². The molecule has 0 unspecified atom stereocenters. The van der Waals surface area contributed by atoms with E-state index in [1.54, 1.807) is 18.2 Å². The van der Waals surface area contributed by atoms with E-state index in [2.05, 4.69) is 0 Å². The molecule has 1 aromatic carbocycles. The highest BCUT2D eigenvalue weighted by molar-refractivity contribution is 5.90. The van der Waals surface area contributed by atoms with Crippen molar-refractivity contribution in [2.45, 2.75) is 0 Å². The molecule has 2 N–H and O–H groups in total. The van der Waals surface area contributed by atoms with E-state index in [1.807, 2.05) is 0 Å². The van der Waals surface area contributed by atoms with Crippen LogP contribution in [0.2, 0.25) is 0 Å². The normalized spacial score (nSPS) is 13.9. The number of aliphatic hydroxyl groups excluding tert-OH is 1. The van der Waals surface area contributed by atoms with Gasteiger partial charge in [0.2, 0.25) is 6.79 Å². The second kappa shape index (κ2) is 4.24. The van der Waals surface area contributed by atoms with Gasteiger partial charge in [-0.15, -0.1) is 0 Å². The van der Waals surface area contributed by atoms with Gasteiger partial charge in [0.15, 0.2) is 11.5 Å². The van der Waals surface area contributed by atoms with Crippen LogP contribution < -0.4 is 9.47 Å². The number of aliphatic carboxylic acids is 1. The molecule has 0 spiro atoms. The summed E-state index contributed by atoms with van der Waals surface area (Å²) in [6, 6.07) is 5.01. The van der Waals surface area contributed by atoms with Gasteiger partial charge in [-0.25, -0.2) is 4.79 Å². The lowest BCUT2D eigenvalue weighted by Crippen LogP contribution is -1.96. The monoisotopic (exact) mass is 222 g/mol. The molecule has 84 valence electrons. The zero-order valence-electron chi connectivity index (χ0n) is 8.34. The van der Waals surface area contributed by atoms with Crippen molar-refractivity contribution < 1.29 is 24.5 Å². The Morgan fingerprint density at radius 3 is 2.81 bits per heavy atom. The fourth-order valence-electron chi connectivity index (χ4n) is 1.47. The number of carboxylic acid groups (broad SMARTS) is 1. The molecule has 0 saturated heterocycles. The Labute approximate surface area is 91.5 Å². The average Bonchev–Trinajstić information content (AvgIpc) is 2.72. The molecule has 0 radical (unpaired) electrons. The van der Waals surface area contributed by atoms with Crippen molar-refractivity contribution in [3.8, 4) is 11.5 Å². The number of ether oxygens (including phenoxy) is 2. The first kappa shape index (κ1) is 10.5. The van der Waals surface area contributed by atoms with Gasteiger partial charge < -0.3 is 19.7 Å². The summed E-state index contributed by atoms with van der Waals surface area (Å²) < 4.78 is 10.3. The van der Waals surface area contributed by atoms with Gasteiger partial charge in [0.05, 0.1) is 6.61 Å². The quantitative estimate of drug-likeness (QED) is 0.742. The van der Waals surface area contributed by atoms with Crippen LogP contribution in [0.25, 0.3) is 5.57 Å². The maximum Gasteiger partial charge on any atom is 0.328 e. The second-order valence-corrected chi connectivity index (χ2v) is 3.23. The summed E-state index contributed by atoms with van der Waals surface area (Å²) in [7, 11) is 0. The number of rotatable bonds is 3. The molecule has 0 aromatic heterocycles. The van der Waals surface area contributed by atoms with E-state index in [9.17, 15) is 4.79 Å². The molecule has 5 nitrogen and oxygen atoms in total. The van der Waals surface area contributed by atoms with E-state index in [4.69, 9.17) is 19.7 Å². The van der Waals surface area contributed by atoms with Crippen LogP contribution in [0.15, 0.2) is 24.3 Å². The van der Waals surface area contributed by atoms with Crippen molar-refractivity contribution in [1.29, 1.82) is 0 Å². The Morgan fingerprint density at radius 2 is 2.12 bits per heavy atom. The van der Waals surface area contributed by atoms with Gasteiger partial charge in [-0.3, -0.25) is 0 Å². The van der Waals surface area contributed by atoms with Crippen LogP contribution in [0, 0.1) is 0 Å². The molecule has 0 fully saturated rings. The van der Waals surface area contributed by atoms with Crippen LogP contribution in [0.5, 0.6) is 11.5 Å². The number of carbonyl (C=O) groups is 1. The molecule has 1 aromatic rings. The number of carboxylic acids is 1. The number of hydrogen-bond acceptors (Lipinski definition) is 4. The Balaban J connectivity index is 2.36. The maximum absolute atomic E-state index is 10.5. The predicted molar refractivity (Wildman–Crippen MR) is 55.3 cm³/mol. The summed E-state index contributed by atoms with van der Waals surface area (Å²) in [5.74, 6) is 0.0836. The molecule has 0 saturated carbocycles. The van der Waals surface area contributed by atoms with Gasteiger partial charge in [0.25, 0.3) is 0 Å². The third kappa shape index (κ3) is 1.99. The van der Waals surface area contributed by atoms with Crippen molar-refractivity contribution in [1.82, 2.24) is 0 Å². The smallest absolute Gasteiger partial charge is 0.328 e. The van der Waals surface area contributed by atoms with Crippen LogP contribution in [-0.4, -0.2) is 29.6 Å². The van der Waals surface area contributed by atoms with Gasteiger partial charge >= 0.3 is 5.97 Å². The summed E-state index contributed by atoms with van der Waals surface area (Å²) in [5, 5.41) is 17.7. The molecule has 0 aliphatic carbocycles. The van der Waals surface area contributed by atoms with Crippen LogP contribution >= 0.6 is 0 Å². The molecule has 1 heterocycles. The van der Waals surface area contributed by atoms with Crippen LogP contribution in [0.4, 0.5) is 0 Å². The van der Waals surface area contributed by atoms with Gasteiger partial charge in [-0.2, -0.15) is 0 Å². The van der Waals surface area contributed by atoms with Gasteiger partial charge in [0.1, 0.15) is 0 Å². The molecule has 0 bridgehead atoms. The highest BCUT2D eigenvalue weighted by Gasteiger charge is 2.14. The number of hydrogen-bond donors (Lipinski definition) is 2. The third-order valence-electron chi connectivity index (χ3n) is 2.21. The Hall–Kier alpha value is -2.01. The third-order valence-corrected chi connectivity index (χ3v) is 2.21.